The van der Waals surface area contributed by atoms with Gasteiger partial charge in [0.15, 0.2) is 0 Å². The summed E-state index contributed by atoms with van der Waals surface area (Å²) in [6.07, 6.45) is 5.99. The number of hydrogen-bond acceptors (Lipinski definition) is 3. The Balaban J connectivity index is 2.63. The smallest absolute Gasteiger partial charge is 0.315 e. The maximum atomic E-state index is 11.6. The fourth-order valence-corrected chi connectivity index (χ4v) is 3.40. The normalized spacial score (nSPS) is 28.1. The van der Waals surface area contributed by atoms with Gasteiger partial charge in [0.05, 0.1) is 6.04 Å². The zero-order valence-electron chi connectivity index (χ0n) is 12.7. The van der Waals surface area contributed by atoms with Gasteiger partial charge in [-0.1, -0.05) is 26.8 Å². The first kappa shape index (κ1) is 16.4. The number of isocyanates is 1. The highest BCUT2D eigenvalue weighted by Crippen LogP contribution is 2.46. The molecule has 20 heavy (non-hydrogen) atoms. The van der Waals surface area contributed by atoms with Gasteiger partial charge < -0.3 is 10.6 Å². The summed E-state index contributed by atoms with van der Waals surface area (Å²) in [5.74, 6) is 0. The van der Waals surface area contributed by atoms with Crippen LogP contribution in [0, 0.1) is 10.8 Å². The number of aliphatic imine (C=N–C) groups is 1. The Kier molecular flexibility index (Phi) is 5.52. The van der Waals surface area contributed by atoms with E-state index in [0.717, 1.165) is 19.3 Å². The second-order valence-corrected chi connectivity index (χ2v) is 6.79. The summed E-state index contributed by atoms with van der Waals surface area (Å²) in [5, 5.41) is 5.58. The molecule has 1 rings (SSSR count). The number of nitrogens with zero attached hydrogens (tertiary/aromatic N) is 1. The van der Waals surface area contributed by atoms with Crippen molar-refractivity contribution in [3.8, 4) is 0 Å². The van der Waals surface area contributed by atoms with Gasteiger partial charge in [0.25, 0.3) is 0 Å². The van der Waals surface area contributed by atoms with Crippen LogP contribution in [0.2, 0.25) is 0 Å². The lowest BCUT2D eigenvalue weighted by Gasteiger charge is -2.45. The van der Waals surface area contributed by atoms with Crippen LogP contribution in [-0.2, 0) is 4.79 Å². The van der Waals surface area contributed by atoms with Gasteiger partial charge >= 0.3 is 6.03 Å². The third-order valence-corrected chi connectivity index (χ3v) is 3.74. The summed E-state index contributed by atoms with van der Waals surface area (Å²) in [6, 6.07) is -0.191. The van der Waals surface area contributed by atoms with Crippen molar-refractivity contribution in [1.82, 2.24) is 10.6 Å². The maximum absolute atomic E-state index is 11.6. The summed E-state index contributed by atoms with van der Waals surface area (Å²) >= 11 is 0. The van der Waals surface area contributed by atoms with E-state index in [0.29, 0.717) is 13.1 Å². The lowest BCUT2D eigenvalue weighted by atomic mass is 9.63. The average Bonchev–Trinajstić information content (AvgIpc) is 2.32. The van der Waals surface area contributed by atoms with Crippen molar-refractivity contribution in [3.63, 3.8) is 0 Å². The molecule has 1 saturated carbocycles. The third kappa shape index (κ3) is 5.17. The largest absolute Gasteiger partial charge is 0.338 e. The van der Waals surface area contributed by atoms with E-state index < -0.39 is 0 Å². The Bertz CT molecular complexity index is 413. The molecule has 2 amide bonds. The molecule has 1 fully saturated rings. The summed E-state index contributed by atoms with van der Waals surface area (Å²) in [5.41, 5.74) is 0.0512. The van der Waals surface area contributed by atoms with Crippen LogP contribution in [0.15, 0.2) is 17.6 Å². The van der Waals surface area contributed by atoms with Gasteiger partial charge in [-0.25, -0.2) is 14.6 Å². The molecule has 0 aliphatic heterocycles. The predicted octanol–water partition coefficient (Wildman–Crippen LogP) is 2.39. The minimum Gasteiger partial charge on any atom is -0.338 e. The zero-order chi connectivity index (χ0) is 15.2. The fourth-order valence-electron chi connectivity index (χ4n) is 3.40. The number of carbonyl (C=O) groups excluding carboxylic acids is 2. The fraction of sp³-hybridized carbons (Fsp3) is 0.733. The highest BCUT2D eigenvalue weighted by Gasteiger charge is 2.41. The molecule has 0 spiro atoms. The SMILES string of the molecule is C=CCNC(=O)NCC1(C)CC(N=C=O)CC(C)(C)C1. The predicted molar refractivity (Wildman–Crippen MR) is 79.2 cm³/mol. The highest BCUT2D eigenvalue weighted by molar-refractivity contribution is 5.73. The topological polar surface area (TPSA) is 70.6 Å². The quantitative estimate of drug-likeness (QED) is 0.461. The van der Waals surface area contributed by atoms with Crippen LogP contribution in [0.1, 0.15) is 40.0 Å². The molecule has 112 valence electrons. The Labute approximate surface area is 120 Å². The number of urea groups is 1. The molecule has 0 heterocycles. The van der Waals surface area contributed by atoms with Crippen LogP contribution in [0.4, 0.5) is 4.79 Å². The highest BCUT2D eigenvalue weighted by atomic mass is 16.2. The van der Waals surface area contributed by atoms with E-state index in [1.54, 1.807) is 12.2 Å². The molecule has 2 N–H and O–H groups in total. The minimum atomic E-state index is -0.190. The Hall–Kier alpha value is -1.61. The number of amides is 2. The van der Waals surface area contributed by atoms with E-state index in [1.807, 2.05) is 0 Å². The van der Waals surface area contributed by atoms with Crippen molar-refractivity contribution in [2.75, 3.05) is 13.1 Å². The van der Waals surface area contributed by atoms with Gasteiger partial charge in [0.1, 0.15) is 0 Å². The van der Waals surface area contributed by atoms with Crippen LogP contribution in [0.25, 0.3) is 0 Å². The third-order valence-electron chi connectivity index (χ3n) is 3.74. The maximum Gasteiger partial charge on any atom is 0.315 e. The van der Waals surface area contributed by atoms with Crippen molar-refractivity contribution in [2.24, 2.45) is 15.8 Å². The average molecular weight is 279 g/mol. The van der Waals surface area contributed by atoms with Crippen molar-refractivity contribution < 1.29 is 9.59 Å². The van der Waals surface area contributed by atoms with Gasteiger partial charge in [-0.15, -0.1) is 6.58 Å². The molecule has 0 saturated heterocycles. The second-order valence-electron chi connectivity index (χ2n) is 6.79. The first-order valence-corrected chi connectivity index (χ1v) is 7.00. The molecule has 0 aromatic rings. The van der Waals surface area contributed by atoms with Crippen LogP contribution in [0.3, 0.4) is 0 Å². The zero-order valence-corrected chi connectivity index (χ0v) is 12.7. The number of carbonyl (C=O) groups is 1. The molecule has 0 aromatic heterocycles. The van der Waals surface area contributed by atoms with Gasteiger partial charge in [0.2, 0.25) is 6.08 Å². The Morgan fingerprint density at radius 1 is 1.40 bits per heavy atom. The number of hydrogen-bond donors (Lipinski definition) is 2. The van der Waals surface area contributed by atoms with Gasteiger partial charge in [0, 0.05) is 13.1 Å². The molecule has 2 atom stereocenters. The van der Waals surface area contributed by atoms with E-state index in [2.05, 4.69) is 43.0 Å². The molecule has 2 unspecified atom stereocenters. The Morgan fingerprint density at radius 3 is 2.70 bits per heavy atom. The lowest BCUT2D eigenvalue weighted by Crippen LogP contribution is -2.47. The van der Waals surface area contributed by atoms with Gasteiger partial charge in [-0.05, 0) is 30.1 Å². The monoisotopic (exact) mass is 279 g/mol. The molecule has 0 radical (unpaired) electrons. The van der Waals surface area contributed by atoms with Crippen LogP contribution < -0.4 is 10.6 Å². The first-order chi connectivity index (χ1) is 9.30. The molecule has 1 aliphatic rings. The molecule has 5 heteroatoms. The summed E-state index contributed by atoms with van der Waals surface area (Å²) in [7, 11) is 0. The van der Waals surface area contributed by atoms with E-state index >= 15 is 0 Å². The molecule has 0 aromatic carbocycles. The summed E-state index contributed by atoms with van der Waals surface area (Å²) in [4.78, 5) is 26.0. The standard InChI is InChI=1S/C15H25N3O2/c1-5-6-16-13(20)17-10-15(4)8-12(18-11-19)7-14(2,3)9-15/h5,12H,1,6-10H2,2-4H3,(H2,16,17,20). The number of nitrogens with one attached hydrogen (secondary N) is 2. The van der Waals surface area contributed by atoms with E-state index in [-0.39, 0.29) is 22.9 Å². The van der Waals surface area contributed by atoms with E-state index in [1.165, 1.54) is 0 Å². The van der Waals surface area contributed by atoms with Gasteiger partial charge in [-0.2, -0.15) is 0 Å². The van der Waals surface area contributed by atoms with Crippen molar-refractivity contribution in [3.05, 3.63) is 12.7 Å². The van der Waals surface area contributed by atoms with Crippen molar-refractivity contribution in [2.45, 2.75) is 46.1 Å². The van der Waals surface area contributed by atoms with Crippen LogP contribution >= 0.6 is 0 Å². The lowest BCUT2D eigenvalue weighted by molar-refractivity contribution is 0.0851. The Morgan fingerprint density at radius 2 is 2.10 bits per heavy atom. The number of rotatable bonds is 5. The summed E-state index contributed by atoms with van der Waals surface area (Å²) < 4.78 is 0. The van der Waals surface area contributed by atoms with Crippen LogP contribution in [-0.4, -0.2) is 31.2 Å². The van der Waals surface area contributed by atoms with E-state index in [4.69, 9.17) is 0 Å². The minimum absolute atomic E-state index is 0.000661. The molecule has 0 bridgehead atoms. The molecular formula is C15H25N3O2. The van der Waals surface area contributed by atoms with Crippen LogP contribution in [0.5, 0.6) is 0 Å². The molecule has 1 aliphatic carbocycles. The van der Waals surface area contributed by atoms with Gasteiger partial charge in [-0.3, -0.25) is 0 Å². The molecule has 5 nitrogen and oxygen atoms in total. The molecular weight excluding hydrogens is 254 g/mol. The van der Waals surface area contributed by atoms with E-state index in [9.17, 15) is 9.59 Å². The second kappa shape index (κ2) is 6.71. The van der Waals surface area contributed by atoms with Crippen molar-refractivity contribution >= 4 is 12.1 Å². The summed E-state index contributed by atoms with van der Waals surface area (Å²) in [6.45, 7) is 11.1. The first-order valence-electron chi connectivity index (χ1n) is 7.00. The van der Waals surface area contributed by atoms with Crippen molar-refractivity contribution in [1.29, 1.82) is 0 Å².